The molecule has 1 saturated heterocycles. The molecule has 1 aliphatic rings. The van der Waals surface area contributed by atoms with Crippen molar-refractivity contribution in [2.75, 3.05) is 31.1 Å². The third-order valence-corrected chi connectivity index (χ3v) is 7.36. The molecule has 10 heteroatoms. The Morgan fingerprint density at radius 3 is 2.46 bits per heavy atom. The summed E-state index contributed by atoms with van der Waals surface area (Å²) < 4.78 is 2.03. The maximum atomic E-state index is 12.9. The number of nitro groups is 1. The monoisotopic (exact) mass is 564 g/mol. The van der Waals surface area contributed by atoms with Crippen LogP contribution < -0.4 is 4.90 Å². The van der Waals surface area contributed by atoms with E-state index in [2.05, 4.69) is 28.2 Å². The number of halogens is 1. The number of nitro benzene ring substituents is 1. The molecule has 2 aromatic heterocycles. The predicted molar refractivity (Wildman–Crippen MR) is 160 cm³/mol. The first-order valence-electron chi connectivity index (χ1n) is 13.1. The van der Waals surface area contributed by atoms with Crippen LogP contribution in [0.25, 0.3) is 33.9 Å². The third kappa shape index (κ3) is 5.39. The van der Waals surface area contributed by atoms with Crippen LogP contribution in [0.3, 0.4) is 0 Å². The zero-order valence-corrected chi connectivity index (χ0v) is 22.7. The van der Waals surface area contributed by atoms with E-state index < -0.39 is 4.92 Å². The predicted octanol–water partition coefficient (Wildman–Crippen LogP) is 6.01. The number of rotatable bonds is 6. The van der Waals surface area contributed by atoms with Crippen molar-refractivity contribution in [3.63, 3.8) is 0 Å². The maximum Gasteiger partial charge on any atom is 0.270 e. The third-order valence-electron chi connectivity index (χ3n) is 7.12. The minimum absolute atomic E-state index is 0.0107. The largest absolute Gasteiger partial charge is 0.352 e. The first-order valence-corrected chi connectivity index (χ1v) is 13.5. The molecule has 1 aliphatic heterocycles. The Balaban J connectivity index is 1.27. The lowest BCUT2D eigenvalue weighted by atomic mass is 10.1. The van der Waals surface area contributed by atoms with Crippen LogP contribution in [0.4, 0.5) is 11.5 Å². The van der Waals surface area contributed by atoms with E-state index in [1.54, 1.807) is 29.4 Å². The quantitative estimate of drug-likeness (QED) is 0.142. The number of piperazine rings is 1. The normalized spacial score (nSPS) is 13.7. The van der Waals surface area contributed by atoms with Gasteiger partial charge in [0.15, 0.2) is 5.65 Å². The summed E-state index contributed by atoms with van der Waals surface area (Å²) in [5.41, 5.74) is 4.33. The van der Waals surface area contributed by atoms with Crippen LogP contribution in [-0.2, 0) is 4.79 Å². The van der Waals surface area contributed by atoms with E-state index in [1.807, 2.05) is 47.0 Å². The number of hydrogen-bond acceptors (Lipinski definition) is 6. The zero-order valence-electron chi connectivity index (χ0n) is 21.9. The molecule has 0 aliphatic carbocycles. The number of anilines is 1. The summed E-state index contributed by atoms with van der Waals surface area (Å²) in [5.74, 6) is 0.676. The fraction of sp³-hybridized carbons (Fsp3) is 0.129. The molecule has 0 bridgehead atoms. The van der Waals surface area contributed by atoms with Gasteiger partial charge in [-0.2, -0.15) is 0 Å². The molecule has 41 heavy (non-hydrogen) atoms. The standard InChI is InChI=1S/C31H25ClN6O3/c32-24-9-5-10-25(19-24)37-20-27(23-7-2-1-3-8-23)29-30(33-21-34-31(29)37)36-16-14-35(15-17-36)28(39)13-12-22-6-4-11-26(18-22)38(40)41/h1-13,18-21H,14-17H2/b13-12+. The number of carbonyl (C=O) groups excluding carboxylic acids is 1. The number of hydrogen-bond donors (Lipinski definition) is 0. The number of benzene rings is 3. The van der Waals surface area contributed by atoms with Crippen molar-refractivity contribution in [1.82, 2.24) is 19.4 Å². The maximum absolute atomic E-state index is 12.9. The van der Waals surface area contributed by atoms with Crippen molar-refractivity contribution >= 4 is 46.1 Å². The van der Waals surface area contributed by atoms with E-state index in [0.29, 0.717) is 36.8 Å². The Kier molecular flexibility index (Phi) is 7.18. The summed E-state index contributed by atoms with van der Waals surface area (Å²) in [4.78, 5) is 36.9. The van der Waals surface area contributed by atoms with E-state index in [0.717, 1.165) is 33.7 Å². The lowest BCUT2D eigenvalue weighted by Crippen LogP contribution is -2.48. The molecule has 9 nitrogen and oxygen atoms in total. The lowest BCUT2D eigenvalue weighted by molar-refractivity contribution is -0.384. The van der Waals surface area contributed by atoms with E-state index in [-0.39, 0.29) is 11.6 Å². The number of non-ortho nitro benzene ring substituents is 1. The number of carbonyl (C=O) groups is 1. The Morgan fingerprint density at radius 1 is 0.927 bits per heavy atom. The van der Waals surface area contributed by atoms with Gasteiger partial charge >= 0.3 is 0 Å². The van der Waals surface area contributed by atoms with Crippen LogP contribution >= 0.6 is 11.6 Å². The van der Waals surface area contributed by atoms with Gasteiger partial charge in [0.05, 0.1) is 10.3 Å². The van der Waals surface area contributed by atoms with Gasteiger partial charge < -0.3 is 14.4 Å². The molecule has 0 radical (unpaired) electrons. The second-order valence-electron chi connectivity index (χ2n) is 9.65. The van der Waals surface area contributed by atoms with Crippen LogP contribution in [0.5, 0.6) is 0 Å². The molecule has 3 heterocycles. The molecule has 1 amide bonds. The van der Waals surface area contributed by atoms with Crippen LogP contribution in [-0.4, -0.2) is 56.4 Å². The van der Waals surface area contributed by atoms with Gasteiger partial charge in [0, 0.05) is 66.9 Å². The molecule has 0 saturated carbocycles. The molecule has 0 spiro atoms. The molecule has 6 rings (SSSR count). The van der Waals surface area contributed by atoms with Crippen molar-refractivity contribution in [3.8, 4) is 16.8 Å². The topological polar surface area (TPSA) is 97.4 Å². The minimum atomic E-state index is -0.450. The molecule has 3 aromatic carbocycles. The highest BCUT2D eigenvalue weighted by Gasteiger charge is 2.25. The summed E-state index contributed by atoms with van der Waals surface area (Å²) in [6, 6.07) is 24.0. The van der Waals surface area contributed by atoms with Gasteiger partial charge in [-0.3, -0.25) is 14.9 Å². The molecular formula is C31H25ClN6O3. The van der Waals surface area contributed by atoms with E-state index >= 15 is 0 Å². The SMILES string of the molecule is O=C(/C=C/c1cccc([N+](=O)[O-])c1)N1CCN(c2ncnc3c2c(-c2ccccc2)cn3-c2cccc(Cl)c2)CC1. The first kappa shape index (κ1) is 26.2. The van der Waals surface area contributed by atoms with Crippen molar-refractivity contribution < 1.29 is 9.72 Å². The zero-order chi connectivity index (χ0) is 28.3. The van der Waals surface area contributed by atoms with Gasteiger partial charge in [0.25, 0.3) is 5.69 Å². The highest BCUT2D eigenvalue weighted by atomic mass is 35.5. The van der Waals surface area contributed by atoms with Gasteiger partial charge in [-0.1, -0.05) is 60.1 Å². The van der Waals surface area contributed by atoms with Crippen LogP contribution in [0.2, 0.25) is 5.02 Å². The average molecular weight is 565 g/mol. The highest BCUT2D eigenvalue weighted by Crippen LogP contribution is 2.37. The van der Waals surface area contributed by atoms with Gasteiger partial charge in [0.2, 0.25) is 5.91 Å². The number of amides is 1. The second-order valence-corrected chi connectivity index (χ2v) is 10.1. The number of aromatic nitrogens is 3. The van der Waals surface area contributed by atoms with Gasteiger partial charge in [-0.15, -0.1) is 0 Å². The fourth-order valence-electron chi connectivity index (χ4n) is 5.10. The summed E-state index contributed by atoms with van der Waals surface area (Å²) in [5, 5.41) is 12.6. The molecule has 0 N–H and O–H groups in total. The Morgan fingerprint density at radius 2 is 1.71 bits per heavy atom. The van der Waals surface area contributed by atoms with Crippen molar-refractivity contribution in [3.05, 3.63) is 118 Å². The van der Waals surface area contributed by atoms with E-state index in [9.17, 15) is 14.9 Å². The highest BCUT2D eigenvalue weighted by molar-refractivity contribution is 6.30. The van der Waals surface area contributed by atoms with Gasteiger partial charge in [0.1, 0.15) is 12.1 Å². The molecule has 5 aromatic rings. The second kappa shape index (κ2) is 11.2. The molecule has 1 fully saturated rings. The Labute approximate surface area is 241 Å². The summed E-state index contributed by atoms with van der Waals surface area (Å²) >= 11 is 6.32. The fourth-order valence-corrected chi connectivity index (χ4v) is 5.28. The lowest BCUT2D eigenvalue weighted by Gasteiger charge is -2.35. The molecule has 0 unspecified atom stereocenters. The van der Waals surface area contributed by atoms with Gasteiger partial charge in [-0.25, -0.2) is 9.97 Å². The molecular weight excluding hydrogens is 540 g/mol. The summed E-state index contributed by atoms with van der Waals surface area (Å²) in [7, 11) is 0. The Hall–Kier alpha value is -5.02. The molecule has 0 atom stereocenters. The Bertz CT molecular complexity index is 1780. The molecule has 204 valence electrons. The number of fused-ring (bicyclic) bond motifs is 1. The minimum Gasteiger partial charge on any atom is -0.352 e. The summed E-state index contributed by atoms with van der Waals surface area (Å²) in [6.45, 7) is 2.22. The van der Waals surface area contributed by atoms with E-state index in [1.165, 1.54) is 18.2 Å². The van der Waals surface area contributed by atoms with Crippen LogP contribution in [0.1, 0.15) is 5.56 Å². The van der Waals surface area contributed by atoms with Crippen molar-refractivity contribution in [2.24, 2.45) is 0 Å². The van der Waals surface area contributed by atoms with Crippen LogP contribution in [0.15, 0.2) is 97.5 Å². The average Bonchev–Trinajstić information content (AvgIpc) is 3.41. The van der Waals surface area contributed by atoms with E-state index in [4.69, 9.17) is 16.6 Å². The summed E-state index contributed by atoms with van der Waals surface area (Å²) in [6.07, 6.45) is 6.73. The van der Waals surface area contributed by atoms with Crippen molar-refractivity contribution in [2.45, 2.75) is 0 Å². The van der Waals surface area contributed by atoms with Crippen LogP contribution in [0, 0.1) is 10.1 Å². The smallest absolute Gasteiger partial charge is 0.270 e. The number of nitrogens with zero attached hydrogens (tertiary/aromatic N) is 6. The first-order chi connectivity index (χ1) is 20.0. The van der Waals surface area contributed by atoms with Crippen molar-refractivity contribution in [1.29, 1.82) is 0 Å². The van der Waals surface area contributed by atoms with Gasteiger partial charge in [-0.05, 0) is 35.4 Å².